The number of ether oxygens (including phenoxy) is 3. The van der Waals surface area contributed by atoms with Gasteiger partial charge in [-0.1, -0.05) is 12.2 Å². The number of phosphoric acid groups is 2. The fourth-order valence-electron chi connectivity index (χ4n) is 7.78. The van der Waals surface area contributed by atoms with Crippen molar-refractivity contribution in [1.29, 1.82) is 0 Å². The van der Waals surface area contributed by atoms with Crippen LogP contribution in [0.2, 0.25) is 0 Å². The highest BCUT2D eigenvalue weighted by atomic mass is 31.2. The van der Waals surface area contributed by atoms with E-state index in [0.717, 1.165) is 12.7 Å². The van der Waals surface area contributed by atoms with E-state index >= 15 is 0 Å². The van der Waals surface area contributed by atoms with Crippen molar-refractivity contribution in [2.24, 2.45) is 0 Å². The Morgan fingerprint density at radius 2 is 0.928 bits per heavy atom. The van der Waals surface area contributed by atoms with Gasteiger partial charge in [0.05, 0.1) is 52.0 Å². The molecule has 370 valence electrons. The average molecular weight is 1010 g/mol. The first-order valence-electron chi connectivity index (χ1n) is 20.6. The van der Waals surface area contributed by atoms with E-state index in [2.05, 4.69) is 58.0 Å². The van der Waals surface area contributed by atoms with E-state index in [1.807, 2.05) is 0 Å². The molecular weight excluding hydrogens is 960 g/mol. The standard InChI is InChI=1S/C36H45N15O16P2/c1-3-5-59-68(57,61-8-17-22(53)25(56)34(64-17)49-13-46-19-28(37)40-10-43-31(19)49)67-27-24(55)18(65-36(27)51-15-48-21-30(39)42-12-45-33(21)51)9-62-69(58,60-6-4-2)66-26-23(54)16(7-52)63-35(26)50-14-47-20-29(38)41-11-44-32(20)50/h3-4,10-18,22-27,34-36,52-56H,1-2,5-9H2,(H2,37,40,43)(H2,38,41,44)(H2,39,42,45)/t16-,17-,18-,22-,23-,24-,25-,26-,27-,34-,35-,36-,68?,69?/m1/s1. The van der Waals surface area contributed by atoms with Gasteiger partial charge in [0.15, 0.2) is 53.1 Å². The lowest BCUT2D eigenvalue weighted by atomic mass is 10.1. The molecule has 31 nitrogen and oxygen atoms in total. The van der Waals surface area contributed by atoms with E-state index in [0.29, 0.717) is 0 Å². The zero-order valence-electron chi connectivity index (χ0n) is 35.7. The molecule has 0 spiro atoms. The fourth-order valence-corrected chi connectivity index (χ4v) is 10.5. The summed E-state index contributed by atoms with van der Waals surface area (Å²) in [6.07, 6.45) is -8.66. The fraction of sp³-hybridized carbons (Fsp3) is 0.472. The minimum absolute atomic E-state index is 0.0231. The summed E-state index contributed by atoms with van der Waals surface area (Å²) in [5.41, 5.74) is 18.8. The number of aromatic nitrogens is 12. The summed E-state index contributed by atoms with van der Waals surface area (Å²) in [4.78, 5) is 37.0. The number of rotatable bonds is 20. The second-order valence-corrected chi connectivity index (χ2v) is 18.6. The lowest BCUT2D eigenvalue weighted by Gasteiger charge is -2.27. The van der Waals surface area contributed by atoms with Crippen molar-refractivity contribution in [3.05, 3.63) is 63.3 Å². The molecule has 3 aliphatic heterocycles. The first kappa shape index (κ1) is 48.5. The normalized spacial score (nSPS) is 30.0. The third-order valence-electron chi connectivity index (χ3n) is 11.1. The minimum atomic E-state index is -4.91. The molecule has 9 heterocycles. The first-order chi connectivity index (χ1) is 33.2. The number of fused-ring (bicyclic) bond motifs is 3. The highest BCUT2D eigenvalue weighted by Crippen LogP contribution is 2.57. The molecule has 3 fully saturated rings. The number of hydrogen-bond donors (Lipinski definition) is 8. The van der Waals surface area contributed by atoms with Crippen molar-refractivity contribution >= 4 is 66.6 Å². The Bertz CT molecular complexity index is 2930. The summed E-state index contributed by atoms with van der Waals surface area (Å²) >= 11 is 0. The summed E-state index contributed by atoms with van der Waals surface area (Å²) < 4.78 is 85.7. The monoisotopic (exact) mass is 1010 g/mol. The summed E-state index contributed by atoms with van der Waals surface area (Å²) in [7, 11) is -9.80. The van der Waals surface area contributed by atoms with Crippen LogP contribution in [-0.4, -0.2) is 172 Å². The maximum Gasteiger partial charge on any atom is 0.475 e. The lowest BCUT2D eigenvalue weighted by Crippen LogP contribution is -2.37. The Hall–Kier alpha value is -5.57. The molecule has 0 amide bonds. The molecular formula is C36H45N15O16P2. The number of nitrogens with two attached hydrogens (primary N) is 3. The number of nitrogens with zero attached hydrogens (tertiary/aromatic N) is 12. The third kappa shape index (κ3) is 9.20. The second-order valence-electron chi connectivity index (χ2n) is 15.4. The van der Waals surface area contributed by atoms with Gasteiger partial charge in [-0.3, -0.25) is 40.8 Å². The van der Waals surface area contributed by atoms with E-state index in [-0.39, 0.29) is 50.9 Å². The maximum atomic E-state index is 14.6. The Morgan fingerprint density at radius 1 is 0.551 bits per heavy atom. The number of imidazole rings is 3. The SMILES string of the molecule is C=CCOP(=O)(OC[C@H]1O[C@@H](n2cnc3c(N)ncnc32)[C@H](OP(=O)(OCC=C)OC[C@H]2O[C@@H](n3cnc4c(N)ncnc43)[C@H](O)[C@@H]2O)[C@@H]1O)O[C@@H]1[C@H](O)[C@@H](CO)O[C@H]1n1cnc2c(N)ncnc21. The molecule has 6 aromatic heterocycles. The van der Waals surface area contributed by atoms with Crippen LogP contribution in [0.1, 0.15) is 18.7 Å². The Morgan fingerprint density at radius 3 is 1.35 bits per heavy atom. The maximum absolute atomic E-state index is 14.6. The highest BCUT2D eigenvalue weighted by Gasteiger charge is 2.54. The van der Waals surface area contributed by atoms with Crippen molar-refractivity contribution < 1.29 is 76.0 Å². The smallest absolute Gasteiger partial charge is 0.394 e. The molecule has 14 atom stereocenters. The van der Waals surface area contributed by atoms with Gasteiger partial charge in [0, 0.05) is 0 Å². The van der Waals surface area contributed by atoms with Crippen LogP contribution in [0.3, 0.4) is 0 Å². The minimum Gasteiger partial charge on any atom is -0.394 e. The molecule has 0 aromatic carbocycles. The molecule has 69 heavy (non-hydrogen) atoms. The second kappa shape index (κ2) is 19.7. The van der Waals surface area contributed by atoms with Crippen LogP contribution in [0.25, 0.3) is 33.5 Å². The predicted octanol–water partition coefficient (Wildman–Crippen LogP) is -1.19. The summed E-state index contributed by atoms with van der Waals surface area (Å²) in [5, 5.41) is 55.4. The number of phosphoric ester groups is 2. The van der Waals surface area contributed by atoms with Crippen LogP contribution >= 0.6 is 15.6 Å². The average Bonchev–Trinajstić information content (AvgIpc) is 4.21. The third-order valence-corrected chi connectivity index (χ3v) is 14.0. The van der Waals surface area contributed by atoms with Gasteiger partial charge in [-0.2, -0.15) is 0 Å². The zero-order valence-corrected chi connectivity index (χ0v) is 37.5. The van der Waals surface area contributed by atoms with E-state index < -0.39 is 122 Å². The molecule has 33 heteroatoms. The number of hydrogen-bond acceptors (Lipinski definition) is 28. The molecule has 0 bridgehead atoms. The van der Waals surface area contributed by atoms with E-state index in [1.54, 1.807) is 0 Å². The largest absolute Gasteiger partial charge is 0.475 e. The van der Waals surface area contributed by atoms with Crippen LogP contribution in [0.15, 0.2) is 63.3 Å². The molecule has 9 rings (SSSR count). The number of anilines is 3. The zero-order chi connectivity index (χ0) is 48.8. The Balaban J connectivity index is 0.972. The summed E-state index contributed by atoms with van der Waals surface area (Å²) in [6.45, 7) is 4.08. The van der Waals surface area contributed by atoms with Crippen molar-refractivity contribution in [3.63, 3.8) is 0 Å². The quantitative estimate of drug-likeness (QED) is 0.0329. The summed E-state index contributed by atoms with van der Waals surface area (Å²) in [5.74, 6) is 0.0648. The number of aliphatic hydroxyl groups excluding tert-OH is 5. The molecule has 2 unspecified atom stereocenters. The van der Waals surface area contributed by atoms with Crippen LogP contribution in [0.5, 0.6) is 0 Å². The van der Waals surface area contributed by atoms with Crippen LogP contribution in [-0.2, 0) is 50.5 Å². The van der Waals surface area contributed by atoms with Gasteiger partial charge in [0.2, 0.25) is 0 Å². The molecule has 3 saturated heterocycles. The molecule has 3 aliphatic rings. The predicted molar refractivity (Wildman–Crippen MR) is 231 cm³/mol. The number of nitrogen functional groups attached to an aromatic ring is 3. The van der Waals surface area contributed by atoms with Crippen molar-refractivity contribution in [2.45, 2.75) is 73.6 Å². The van der Waals surface area contributed by atoms with E-state index in [9.17, 15) is 34.7 Å². The molecule has 0 saturated carbocycles. The van der Waals surface area contributed by atoms with Gasteiger partial charge < -0.3 is 56.9 Å². The van der Waals surface area contributed by atoms with Gasteiger partial charge in [-0.05, 0) is 0 Å². The van der Waals surface area contributed by atoms with Crippen LogP contribution in [0.4, 0.5) is 17.5 Å². The van der Waals surface area contributed by atoms with Crippen LogP contribution < -0.4 is 17.2 Å². The van der Waals surface area contributed by atoms with E-state index in [4.69, 9.17) is 58.6 Å². The van der Waals surface area contributed by atoms with Gasteiger partial charge in [-0.25, -0.2) is 54.0 Å². The van der Waals surface area contributed by atoms with Gasteiger partial charge in [0.25, 0.3) is 0 Å². The first-order valence-corrected chi connectivity index (χ1v) is 23.6. The van der Waals surface area contributed by atoms with Gasteiger partial charge >= 0.3 is 15.6 Å². The van der Waals surface area contributed by atoms with Crippen molar-refractivity contribution in [1.82, 2.24) is 58.6 Å². The molecule has 6 aromatic rings. The summed E-state index contributed by atoms with van der Waals surface area (Å²) in [6, 6.07) is 0. The van der Waals surface area contributed by atoms with Gasteiger partial charge in [0.1, 0.15) is 90.5 Å². The van der Waals surface area contributed by atoms with Crippen molar-refractivity contribution in [3.8, 4) is 0 Å². The van der Waals surface area contributed by atoms with Crippen molar-refractivity contribution in [2.75, 3.05) is 50.2 Å². The van der Waals surface area contributed by atoms with Gasteiger partial charge in [-0.15, -0.1) is 13.2 Å². The van der Waals surface area contributed by atoms with Crippen LogP contribution in [0, 0.1) is 0 Å². The number of aliphatic hydroxyl groups is 5. The highest BCUT2D eigenvalue weighted by molar-refractivity contribution is 7.48. The Kier molecular flexibility index (Phi) is 13.8. The molecule has 0 aliphatic carbocycles. The van der Waals surface area contributed by atoms with E-state index in [1.165, 1.54) is 51.2 Å². The Labute approximate surface area is 387 Å². The lowest BCUT2D eigenvalue weighted by molar-refractivity contribution is -0.0668. The molecule has 11 N–H and O–H groups in total. The molecule has 0 radical (unpaired) electrons. The topological polar surface area (TPSA) is 427 Å².